The number of hydrazine groups is 1. The van der Waals surface area contributed by atoms with Crippen LogP contribution in [0.15, 0.2) is 24.3 Å². The van der Waals surface area contributed by atoms with Crippen molar-refractivity contribution in [2.75, 3.05) is 18.6 Å². The summed E-state index contributed by atoms with van der Waals surface area (Å²) < 4.78 is 42.6. The molecule has 1 aliphatic rings. The Morgan fingerprint density at radius 1 is 1.24 bits per heavy atom. The van der Waals surface area contributed by atoms with Gasteiger partial charge in [-0.05, 0) is 51.0 Å². The van der Waals surface area contributed by atoms with E-state index in [-0.39, 0.29) is 12.3 Å². The highest BCUT2D eigenvalue weighted by atomic mass is 19.4. The fourth-order valence-electron chi connectivity index (χ4n) is 2.84. The second kappa shape index (κ2) is 9.48. The minimum absolute atomic E-state index is 0.184. The van der Waals surface area contributed by atoms with Crippen LogP contribution in [0.25, 0.3) is 0 Å². The van der Waals surface area contributed by atoms with Crippen LogP contribution >= 0.6 is 0 Å². The van der Waals surface area contributed by atoms with E-state index in [1.54, 1.807) is 6.92 Å². The van der Waals surface area contributed by atoms with Crippen LogP contribution in [0.3, 0.4) is 0 Å². The first kappa shape index (κ1) is 22.3. The summed E-state index contributed by atoms with van der Waals surface area (Å²) >= 11 is 0. The minimum atomic E-state index is -4.44. The molecule has 1 heterocycles. The normalized spacial score (nSPS) is 17.4. The molecule has 3 amide bonds. The van der Waals surface area contributed by atoms with Gasteiger partial charge in [0.25, 0.3) is 5.91 Å². The van der Waals surface area contributed by atoms with Gasteiger partial charge in [-0.15, -0.1) is 0 Å². The predicted molar refractivity (Wildman–Crippen MR) is 97.6 cm³/mol. The number of alkyl halides is 3. The molecule has 3 N–H and O–H groups in total. The molecule has 1 fully saturated rings. The standard InChI is InChI=1S/C18H23F3N4O4/c1-3-29-16(27)11(2)22-17(28)25-10-4-5-14(25)15(26)24-23-13-8-6-12(7-9-13)18(19,20)21/h6-9,11,14,23H,3-5,10H2,1-2H3,(H,22,28)(H,24,26)/t11-,14?/m0/s1. The molecule has 160 valence electrons. The topological polar surface area (TPSA) is 99.8 Å². The average Bonchev–Trinajstić information content (AvgIpc) is 3.16. The van der Waals surface area contributed by atoms with Crippen molar-refractivity contribution < 1.29 is 32.3 Å². The number of urea groups is 1. The number of carbonyl (C=O) groups is 3. The molecule has 1 saturated heterocycles. The molecule has 29 heavy (non-hydrogen) atoms. The van der Waals surface area contributed by atoms with Crippen molar-refractivity contribution in [1.82, 2.24) is 15.6 Å². The molecular formula is C18H23F3N4O4. The number of halogens is 3. The van der Waals surface area contributed by atoms with Crippen LogP contribution in [-0.2, 0) is 20.5 Å². The van der Waals surface area contributed by atoms with Gasteiger partial charge in [-0.1, -0.05) is 0 Å². The molecule has 2 atom stereocenters. The molecule has 1 aromatic rings. The van der Waals surface area contributed by atoms with Gasteiger partial charge in [-0.3, -0.25) is 15.6 Å². The van der Waals surface area contributed by atoms with Crippen molar-refractivity contribution in [3.05, 3.63) is 29.8 Å². The molecule has 0 bridgehead atoms. The van der Waals surface area contributed by atoms with Gasteiger partial charge in [0, 0.05) is 6.54 Å². The van der Waals surface area contributed by atoms with Crippen LogP contribution in [0.1, 0.15) is 32.3 Å². The van der Waals surface area contributed by atoms with Crippen LogP contribution in [0.5, 0.6) is 0 Å². The van der Waals surface area contributed by atoms with Crippen molar-refractivity contribution in [3.63, 3.8) is 0 Å². The Morgan fingerprint density at radius 2 is 1.90 bits per heavy atom. The summed E-state index contributed by atoms with van der Waals surface area (Å²) in [4.78, 5) is 37.7. The van der Waals surface area contributed by atoms with Crippen molar-refractivity contribution in [1.29, 1.82) is 0 Å². The van der Waals surface area contributed by atoms with Crippen LogP contribution in [0.4, 0.5) is 23.7 Å². The number of nitrogens with zero attached hydrogens (tertiary/aromatic N) is 1. The lowest BCUT2D eigenvalue weighted by molar-refractivity contribution is -0.145. The number of ether oxygens (including phenoxy) is 1. The summed E-state index contributed by atoms with van der Waals surface area (Å²) in [5.74, 6) is -1.09. The van der Waals surface area contributed by atoms with Gasteiger partial charge in [-0.2, -0.15) is 13.2 Å². The lowest BCUT2D eigenvalue weighted by atomic mass is 10.2. The predicted octanol–water partition coefficient (Wildman–Crippen LogP) is 2.27. The Kier molecular flexibility index (Phi) is 7.29. The second-order valence-electron chi connectivity index (χ2n) is 6.46. The summed E-state index contributed by atoms with van der Waals surface area (Å²) in [7, 11) is 0. The van der Waals surface area contributed by atoms with E-state index < -0.39 is 41.7 Å². The first-order valence-electron chi connectivity index (χ1n) is 9.10. The maximum Gasteiger partial charge on any atom is 0.416 e. The second-order valence-corrected chi connectivity index (χ2v) is 6.46. The number of benzene rings is 1. The van der Waals surface area contributed by atoms with E-state index in [1.165, 1.54) is 24.0 Å². The largest absolute Gasteiger partial charge is 0.464 e. The Hall–Kier alpha value is -2.98. The lowest BCUT2D eigenvalue weighted by Gasteiger charge is -2.25. The summed E-state index contributed by atoms with van der Waals surface area (Å²) in [5, 5.41) is 2.49. The molecule has 1 aliphatic heterocycles. The highest BCUT2D eigenvalue weighted by molar-refractivity contribution is 5.90. The molecule has 0 saturated carbocycles. The van der Waals surface area contributed by atoms with Crippen LogP contribution in [0.2, 0.25) is 0 Å². The zero-order valence-corrected chi connectivity index (χ0v) is 16.0. The maximum absolute atomic E-state index is 12.6. The highest BCUT2D eigenvalue weighted by Gasteiger charge is 2.35. The first-order valence-corrected chi connectivity index (χ1v) is 9.10. The van der Waals surface area contributed by atoms with Gasteiger partial charge in [0.2, 0.25) is 0 Å². The van der Waals surface area contributed by atoms with Gasteiger partial charge in [-0.25, -0.2) is 9.59 Å². The average molecular weight is 416 g/mol. The third-order valence-electron chi connectivity index (χ3n) is 4.34. The quantitative estimate of drug-likeness (QED) is 0.488. The molecule has 1 aromatic carbocycles. The van der Waals surface area contributed by atoms with Gasteiger partial charge in [0.1, 0.15) is 12.1 Å². The number of rotatable bonds is 6. The van der Waals surface area contributed by atoms with Gasteiger partial charge in [0.05, 0.1) is 17.9 Å². The SMILES string of the molecule is CCOC(=O)[C@H](C)NC(=O)N1CCCC1C(=O)NNc1ccc(C(F)(F)F)cc1. The third-order valence-corrected chi connectivity index (χ3v) is 4.34. The number of amides is 3. The van der Waals surface area contributed by atoms with Crippen LogP contribution < -0.4 is 16.2 Å². The maximum atomic E-state index is 12.6. The van der Waals surface area contributed by atoms with E-state index in [0.29, 0.717) is 19.4 Å². The van der Waals surface area contributed by atoms with E-state index in [4.69, 9.17) is 4.74 Å². The highest BCUT2D eigenvalue weighted by Crippen LogP contribution is 2.29. The number of nitrogens with one attached hydrogen (secondary N) is 3. The van der Waals surface area contributed by atoms with Crippen LogP contribution in [0, 0.1) is 0 Å². The van der Waals surface area contributed by atoms with E-state index >= 15 is 0 Å². The molecule has 0 aliphatic carbocycles. The lowest BCUT2D eigenvalue weighted by Crippen LogP contribution is -2.53. The fourth-order valence-corrected chi connectivity index (χ4v) is 2.84. The number of hydrogen-bond donors (Lipinski definition) is 3. The molecule has 0 radical (unpaired) electrons. The molecular weight excluding hydrogens is 393 g/mol. The minimum Gasteiger partial charge on any atom is -0.464 e. The Balaban J connectivity index is 1.90. The van der Waals surface area contributed by atoms with Gasteiger partial charge >= 0.3 is 18.2 Å². The smallest absolute Gasteiger partial charge is 0.416 e. The Morgan fingerprint density at radius 3 is 2.48 bits per heavy atom. The fraction of sp³-hybridized carbons (Fsp3) is 0.500. The van der Waals surface area contributed by atoms with Crippen molar-refractivity contribution in [3.8, 4) is 0 Å². The summed E-state index contributed by atoms with van der Waals surface area (Å²) in [5.41, 5.74) is 4.39. The molecule has 1 unspecified atom stereocenters. The molecule has 0 spiro atoms. The van der Waals surface area contributed by atoms with Crippen molar-refractivity contribution in [2.45, 2.75) is 44.9 Å². The van der Waals surface area contributed by atoms with E-state index in [9.17, 15) is 27.6 Å². The van der Waals surface area contributed by atoms with Crippen molar-refractivity contribution >= 4 is 23.6 Å². The number of hydrogen-bond acceptors (Lipinski definition) is 5. The zero-order valence-electron chi connectivity index (χ0n) is 16.0. The van der Waals surface area contributed by atoms with Crippen LogP contribution in [-0.4, -0.2) is 48.0 Å². The Bertz CT molecular complexity index is 740. The molecule has 11 heteroatoms. The summed E-state index contributed by atoms with van der Waals surface area (Å²) in [6.07, 6.45) is -3.43. The third kappa shape index (κ3) is 6.00. The monoisotopic (exact) mass is 416 g/mol. The Labute approximate surface area is 165 Å². The summed E-state index contributed by atoms with van der Waals surface area (Å²) in [6.45, 7) is 3.65. The zero-order chi connectivity index (χ0) is 21.6. The molecule has 0 aromatic heterocycles. The van der Waals surface area contributed by atoms with E-state index in [1.807, 2.05) is 0 Å². The van der Waals surface area contributed by atoms with Crippen molar-refractivity contribution in [2.24, 2.45) is 0 Å². The number of anilines is 1. The molecule has 8 nitrogen and oxygen atoms in total. The van der Waals surface area contributed by atoms with E-state index in [2.05, 4.69) is 16.2 Å². The number of likely N-dealkylation sites (tertiary alicyclic amines) is 1. The number of esters is 1. The molecule has 2 rings (SSSR count). The van der Waals surface area contributed by atoms with Gasteiger partial charge in [0.15, 0.2) is 0 Å². The number of carbonyl (C=O) groups excluding carboxylic acids is 3. The van der Waals surface area contributed by atoms with Gasteiger partial charge < -0.3 is 15.0 Å². The first-order chi connectivity index (χ1) is 13.6. The van der Waals surface area contributed by atoms with E-state index in [0.717, 1.165) is 12.1 Å². The summed E-state index contributed by atoms with van der Waals surface area (Å²) in [6, 6.07) is 1.94.